The van der Waals surface area contributed by atoms with E-state index in [0.717, 1.165) is 66.3 Å². The fourth-order valence-corrected chi connectivity index (χ4v) is 9.17. The van der Waals surface area contributed by atoms with Crippen LogP contribution in [0.3, 0.4) is 0 Å². The van der Waals surface area contributed by atoms with Gasteiger partial charge in [0, 0.05) is 32.3 Å². The van der Waals surface area contributed by atoms with Crippen molar-refractivity contribution >= 4 is 64.6 Å². The molecule has 1 atom stereocenters. The molecule has 0 saturated carbocycles. The molecule has 1 N–H and O–H groups in total. The molecule has 0 aliphatic carbocycles. The Labute approximate surface area is 334 Å². The third-order valence-corrected chi connectivity index (χ3v) is 12.0. The molecule has 268 valence electrons. The molecule has 4 nitrogen and oxygen atoms in total. The molecule has 1 aliphatic heterocycles. The van der Waals surface area contributed by atoms with E-state index in [9.17, 15) is 0 Å². The number of hydrogen-bond donors (Lipinski definition) is 1. The third-order valence-electron chi connectivity index (χ3n) is 10.9. The predicted molar refractivity (Wildman–Crippen MR) is 240 cm³/mol. The molecule has 3 heterocycles. The van der Waals surface area contributed by atoms with Gasteiger partial charge in [0.15, 0.2) is 5.82 Å². The third kappa shape index (κ3) is 6.06. The number of nitrogens with one attached hydrogen (secondary N) is 1. The number of aliphatic imine (C=N–C) groups is 1. The zero-order valence-corrected chi connectivity index (χ0v) is 31.6. The van der Waals surface area contributed by atoms with Crippen molar-refractivity contribution in [2.75, 3.05) is 0 Å². The molecule has 2 aromatic heterocycles. The highest BCUT2D eigenvalue weighted by atomic mass is 32.1. The summed E-state index contributed by atoms with van der Waals surface area (Å²) in [4.78, 5) is 17.1. The fraction of sp³-hybridized carbons (Fsp3) is 0.0192. The summed E-state index contributed by atoms with van der Waals surface area (Å²) >= 11 is 1.72. The Morgan fingerprint density at radius 2 is 1.11 bits per heavy atom. The lowest BCUT2D eigenvalue weighted by Gasteiger charge is -2.26. The van der Waals surface area contributed by atoms with E-state index < -0.39 is 0 Å². The molecule has 0 fully saturated rings. The first-order chi connectivity index (χ1) is 28.2. The van der Waals surface area contributed by atoms with Crippen molar-refractivity contribution in [3.8, 4) is 33.8 Å². The van der Waals surface area contributed by atoms with Crippen LogP contribution in [-0.2, 0) is 0 Å². The number of thiophene rings is 1. The van der Waals surface area contributed by atoms with Crippen molar-refractivity contribution in [1.82, 2.24) is 15.3 Å². The number of rotatable bonds is 6. The standard InChI is InChI=1S/C52H34N4S/c1-4-15-34(16-5-1)45-32-46(35-17-6-2-7-18-35)54-50(53-45)40-29-39(37-26-27-43-38(28-37)25-24-33-14-10-11-21-42(33)43)30-41(31-40)51-55-49(36-19-8-3-9-20-36)48-44-22-12-13-23-47(44)57-52(48)56-51/h1-32,50,53H. The molecule has 0 saturated heterocycles. The highest BCUT2D eigenvalue weighted by Gasteiger charge is 2.23. The van der Waals surface area contributed by atoms with Crippen LogP contribution in [0.5, 0.6) is 0 Å². The van der Waals surface area contributed by atoms with Gasteiger partial charge in [-0.25, -0.2) is 9.97 Å². The van der Waals surface area contributed by atoms with E-state index in [0.29, 0.717) is 5.82 Å². The Morgan fingerprint density at radius 1 is 0.456 bits per heavy atom. The molecular formula is C52H34N4S. The molecule has 0 radical (unpaired) electrons. The van der Waals surface area contributed by atoms with Crippen molar-refractivity contribution in [2.24, 2.45) is 4.99 Å². The van der Waals surface area contributed by atoms with Crippen molar-refractivity contribution < 1.29 is 0 Å². The summed E-state index contributed by atoms with van der Waals surface area (Å²) in [5, 5.41) is 11.0. The number of allylic oxidation sites excluding steroid dienone is 1. The number of aromatic nitrogens is 2. The van der Waals surface area contributed by atoms with Crippen LogP contribution < -0.4 is 5.32 Å². The average Bonchev–Trinajstić information content (AvgIpc) is 3.68. The van der Waals surface area contributed by atoms with Gasteiger partial charge in [-0.1, -0.05) is 158 Å². The van der Waals surface area contributed by atoms with Gasteiger partial charge in [-0.15, -0.1) is 11.3 Å². The highest BCUT2D eigenvalue weighted by Crippen LogP contribution is 2.41. The van der Waals surface area contributed by atoms with Gasteiger partial charge >= 0.3 is 0 Å². The first kappa shape index (κ1) is 33.2. The molecule has 10 aromatic rings. The van der Waals surface area contributed by atoms with Crippen LogP contribution in [0, 0.1) is 0 Å². The van der Waals surface area contributed by atoms with Gasteiger partial charge in [0.1, 0.15) is 11.0 Å². The second-order valence-electron chi connectivity index (χ2n) is 14.5. The van der Waals surface area contributed by atoms with Gasteiger partial charge in [0.05, 0.1) is 11.4 Å². The number of hydrogen-bond acceptors (Lipinski definition) is 5. The summed E-state index contributed by atoms with van der Waals surface area (Å²) < 4.78 is 1.20. The Hall–Kier alpha value is -7.21. The minimum Gasteiger partial charge on any atom is -0.360 e. The van der Waals surface area contributed by atoms with Gasteiger partial charge in [-0.05, 0) is 85.8 Å². The van der Waals surface area contributed by atoms with E-state index in [-0.39, 0.29) is 6.17 Å². The van der Waals surface area contributed by atoms with E-state index in [2.05, 4.69) is 193 Å². The lowest BCUT2D eigenvalue weighted by molar-refractivity contribution is 0.664. The van der Waals surface area contributed by atoms with Gasteiger partial charge < -0.3 is 5.32 Å². The van der Waals surface area contributed by atoms with Crippen LogP contribution in [0.1, 0.15) is 22.9 Å². The molecule has 1 unspecified atom stereocenters. The number of benzene rings is 8. The molecule has 57 heavy (non-hydrogen) atoms. The minimum absolute atomic E-state index is 0.370. The molecule has 0 bridgehead atoms. The van der Waals surface area contributed by atoms with Crippen LogP contribution in [0.25, 0.3) is 81.3 Å². The van der Waals surface area contributed by atoms with E-state index in [1.54, 1.807) is 11.3 Å². The number of nitrogens with zero attached hydrogens (tertiary/aromatic N) is 3. The van der Waals surface area contributed by atoms with Crippen LogP contribution in [0.2, 0.25) is 0 Å². The van der Waals surface area contributed by atoms with E-state index in [1.807, 2.05) is 6.07 Å². The van der Waals surface area contributed by atoms with Gasteiger partial charge in [0.2, 0.25) is 0 Å². The average molecular weight is 747 g/mol. The van der Waals surface area contributed by atoms with E-state index >= 15 is 0 Å². The lowest BCUT2D eigenvalue weighted by Crippen LogP contribution is -2.25. The molecule has 0 amide bonds. The van der Waals surface area contributed by atoms with Gasteiger partial charge in [0.25, 0.3) is 0 Å². The summed E-state index contributed by atoms with van der Waals surface area (Å²) in [6.45, 7) is 0. The van der Waals surface area contributed by atoms with Crippen LogP contribution in [0.4, 0.5) is 0 Å². The zero-order chi connectivity index (χ0) is 37.7. The van der Waals surface area contributed by atoms with Crippen LogP contribution >= 0.6 is 11.3 Å². The van der Waals surface area contributed by atoms with Crippen molar-refractivity contribution in [1.29, 1.82) is 0 Å². The normalized spacial score (nSPS) is 14.1. The van der Waals surface area contributed by atoms with Crippen LogP contribution in [0.15, 0.2) is 199 Å². The Bertz CT molecular complexity index is 3200. The molecular weight excluding hydrogens is 713 g/mol. The quantitative estimate of drug-likeness (QED) is 0.172. The van der Waals surface area contributed by atoms with Crippen molar-refractivity contribution in [3.63, 3.8) is 0 Å². The highest BCUT2D eigenvalue weighted by molar-refractivity contribution is 7.25. The zero-order valence-electron chi connectivity index (χ0n) is 30.8. The predicted octanol–water partition coefficient (Wildman–Crippen LogP) is 13.3. The maximum atomic E-state index is 5.42. The first-order valence-corrected chi connectivity index (χ1v) is 20.0. The summed E-state index contributed by atoms with van der Waals surface area (Å²) in [6, 6.07) is 66.5. The fourth-order valence-electron chi connectivity index (χ4n) is 8.10. The number of fused-ring (bicyclic) bond motifs is 6. The summed E-state index contributed by atoms with van der Waals surface area (Å²) in [5.74, 6) is 0.685. The molecule has 0 spiro atoms. The summed E-state index contributed by atoms with van der Waals surface area (Å²) in [7, 11) is 0. The largest absolute Gasteiger partial charge is 0.360 e. The monoisotopic (exact) mass is 746 g/mol. The molecule has 5 heteroatoms. The molecule has 8 aromatic carbocycles. The molecule has 11 rings (SSSR count). The van der Waals surface area contributed by atoms with Gasteiger partial charge in [-0.3, -0.25) is 4.99 Å². The lowest BCUT2D eigenvalue weighted by atomic mass is 9.94. The molecule has 1 aliphatic rings. The SMILES string of the molecule is C1=C(c2ccccc2)NC(c2cc(-c3ccc4c(ccc5ccccc54)c3)cc(-c3nc(-c4ccccc4)c4c(n3)sc3ccccc34)c2)N=C1c1ccccc1. The van der Waals surface area contributed by atoms with Gasteiger partial charge in [-0.2, -0.15) is 0 Å². The van der Waals surface area contributed by atoms with E-state index in [1.165, 1.54) is 31.6 Å². The van der Waals surface area contributed by atoms with E-state index in [4.69, 9.17) is 15.0 Å². The summed E-state index contributed by atoms with van der Waals surface area (Å²) in [5.41, 5.74) is 10.3. The smallest absolute Gasteiger partial charge is 0.161 e. The Morgan fingerprint density at radius 3 is 1.91 bits per heavy atom. The van der Waals surface area contributed by atoms with Crippen molar-refractivity contribution in [2.45, 2.75) is 6.17 Å². The Balaban J connectivity index is 1.14. The second kappa shape index (κ2) is 13.8. The summed E-state index contributed by atoms with van der Waals surface area (Å²) in [6.07, 6.45) is 1.79. The maximum Gasteiger partial charge on any atom is 0.161 e. The topological polar surface area (TPSA) is 50.2 Å². The van der Waals surface area contributed by atoms with Crippen LogP contribution in [-0.4, -0.2) is 15.7 Å². The Kier molecular flexibility index (Phi) is 8.04. The maximum absolute atomic E-state index is 5.42. The first-order valence-electron chi connectivity index (χ1n) is 19.2. The minimum atomic E-state index is -0.370. The van der Waals surface area contributed by atoms with Crippen molar-refractivity contribution in [3.05, 3.63) is 211 Å². The second-order valence-corrected chi connectivity index (χ2v) is 15.5.